The summed E-state index contributed by atoms with van der Waals surface area (Å²) in [6.45, 7) is 6.87. The molecule has 0 bridgehead atoms. The second-order valence-electron chi connectivity index (χ2n) is 7.07. The molecule has 0 heterocycles. The molecule has 0 aliphatic carbocycles. The number of ether oxygens (including phenoxy) is 1. The first-order valence-corrected chi connectivity index (χ1v) is 8.41. The molecule has 0 saturated heterocycles. The molecule has 0 radical (unpaired) electrons. The van der Waals surface area contributed by atoms with Crippen LogP contribution in [0.5, 0.6) is 0 Å². The number of amides is 2. The van der Waals surface area contributed by atoms with Crippen LogP contribution in [0.2, 0.25) is 0 Å². The topological polar surface area (TPSA) is 67.4 Å². The predicted molar refractivity (Wildman–Crippen MR) is 98.5 cm³/mol. The number of halogens is 2. The Bertz CT molecular complexity index is 830. The number of hydrogen-bond acceptors (Lipinski definition) is 3. The van der Waals surface area contributed by atoms with Gasteiger partial charge in [-0.15, -0.1) is 0 Å². The summed E-state index contributed by atoms with van der Waals surface area (Å²) in [5.41, 5.74) is 0.376. The van der Waals surface area contributed by atoms with E-state index in [9.17, 15) is 18.4 Å². The Hall–Kier alpha value is -2.96. The molecule has 2 rings (SSSR count). The van der Waals surface area contributed by atoms with E-state index in [0.717, 1.165) is 12.1 Å². The first-order chi connectivity index (χ1) is 12.5. The van der Waals surface area contributed by atoms with E-state index in [2.05, 4.69) is 10.6 Å². The quantitative estimate of drug-likeness (QED) is 0.805. The van der Waals surface area contributed by atoms with Crippen LogP contribution in [0.3, 0.4) is 0 Å². The average molecular weight is 376 g/mol. The van der Waals surface area contributed by atoms with Crippen molar-refractivity contribution in [2.45, 2.75) is 39.3 Å². The summed E-state index contributed by atoms with van der Waals surface area (Å²) < 4.78 is 31.9. The maximum absolute atomic E-state index is 13.8. The third-order valence-corrected chi connectivity index (χ3v) is 3.57. The highest BCUT2D eigenvalue weighted by Crippen LogP contribution is 2.19. The van der Waals surface area contributed by atoms with Crippen LogP contribution >= 0.6 is 0 Å². The molecule has 7 heteroatoms. The summed E-state index contributed by atoms with van der Waals surface area (Å²) >= 11 is 0. The molecule has 1 atom stereocenters. The number of benzene rings is 2. The van der Waals surface area contributed by atoms with Crippen molar-refractivity contribution in [1.82, 2.24) is 5.32 Å². The first-order valence-electron chi connectivity index (χ1n) is 8.41. The van der Waals surface area contributed by atoms with E-state index in [-0.39, 0.29) is 5.56 Å². The van der Waals surface area contributed by atoms with Gasteiger partial charge in [0, 0.05) is 22.9 Å². The lowest BCUT2D eigenvalue weighted by Crippen LogP contribution is -2.28. The Morgan fingerprint density at radius 2 is 1.67 bits per heavy atom. The molecule has 2 N–H and O–H groups in total. The molecule has 0 aliphatic rings. The van der Waals surface area contributed by atoms with Gasteiger partial charge < -0.3 is 10.1 Å². The minimum Gasteiger partial charge on any atom is -0.444 e. The SMILES string of the molecule is C[C@@H](NC(=O)c1ccc(NC(=O)OC(C)(C)C)cc1)c1ccc(F)cc1F. The zero-order valence-electron chi connectivity index (χ0n) is 15.6. The molecule has 2 aromatic carbocycles. The Labute approximate surface area is 156 Å². The fraction of sp³-hybridized carbons (Fsp3) is 0.300. The van der Waals surface area contributed by atoms with Gasteiger partial charge in [-0.05, 0) is 58.0 Å². The smallest absolute Gasteiger partial charge is 0.412 e. The largest absolute Gasteiger partial charge is 0.444 e. The molecule has 0 spiro atoms. The molecule has 0 unspecified atom stereocenters. The summed E-state index contributed by atoms with van der Waals surface area (Å²) in [6.07, 6.45) is -0.597. The van der Waals surface area contributed by atoms with Gasteiger partial charge in [0.1, 0.15) is 17.2 Å². The molecule has 27 heavy (non-hydrogen) atoms. The van der Waals surface area contributed by atoms with Gasteiger partial charge in [-0.2, -0.15) is 0 Å². The van der Waals surface area contributed by atoms with Crippen molar-refractivity contribution in [3.05, 3.63) is 65.2 Å². The fourth-order valence-electron chi connectivity index (χ4n) is 2.34. The first kappa shape index (κ1) is 20.4. The highest BCUT2D eigenvalue weighted by atomic mass is 19.1. The normalized spacial score (nSPS) is 12.2. The van der Waals surface area contributed by atoms with Crippen molar-refractivity contribution < 1.29 is 23.1 Å². The van der Waals surface area contributed by atoms with Crippen LogP contribution in [0.15, 0.2) is 42.5 Å². The van der Waals surface area contributed by atoms with Crippen molar-refractivity contribution >= 4 is 17.7 Å². The maximum atomic E-state index is 13.8. The molecular formula is C20H22F2N2O3. The van der Waals surface area contributed by atoms with Gasteiger partial charge in [0.25, 0.3) is 5.91 Å². The standard InChI is InChI=1S/C20H22F2N2O3/c1-12(16-10-7-14(21)11-17(16)22)23-18(25)13-5-8-15(9-6-13)24-19(26)27-20(2,3)4/h5-12H,1-4H3,(H,23,25)(H,24,26)/t12-/m1/s1. The molecule has 0 aliphatic heterocycles. The van der Waals surface area contributed by atoms with Gasteiger partial charge in [0.05, 0.1) is 6.04 Å². The molecule has 5 nitrogen and oxygen atoms in total. The van der Waals surface area contributed by atoms with Gasteiger partial charge in [0.2, 0.25) is 0 Å². The predicted octanol–water partition coefficient (Wildman–Crippen LogP) is 4.80. The summed E-state index contributed by atoms with van der Waals surface area (Å²) in [5.74, 6) is -1.82. The van der Waals surface area contributed by atoms with Crippen molar-refractivity contribution in [1.29, 1.82) is 0 Å². The lowest BCUT2D eigenvalue weighted by atomic mass is 10.1. The minimum absolute atomic E-state index is 0.188. The lowest BCUT2D eigenvalue weighted by Gasteiger charge is -2.19. The number of anilines is 1. The third-order valence-electron chi connectivity index (χ3n) is 3.57. The van der Waals surface area contributed by atoms with Gasteiger partial charge in [0.15, 0.2) is 0 Å². The van der Waals surface area contributed by atoms with E-state index in [1.165, 1.54) is 18.2 Å². The van der Waals surface area contributed by atoms with E-state index in [0.29, 0.717) is 11.3 Å². The Morgan fingerprint density at radius 3 is 2.22 bits per heavy atom. The molecule has 0 aromatic heterocycles. The van der Waals surface area contributed by atoms with E-state index < -0.39 is 35.3 Å². The van der Waals surface area contributed by atoms with Gasteiger partial charge in [-0.1, -0.05) is 6.07 Å². The lowest BCUT2D eigenvalue weighted by molar-refractivity contribution is 0.0635. The van der Waals surface area contributed by atoms with Crippen molar-refractivity contribution in [2.75, 3.05) is 5.32 Å². The second-order valence-corrected chi connectivity index (χ2v) is 7.07. The van der Waals surface area contributed by atoms with Crippen LogP contribution in [0.4, 0.5) is 19.3 Å². The average Bonchev–Trinajstić information content (AvgIpc) is 2.53. The molecular weight excluding hydrogens is 354 g/mol. The summed E-state index contributed by atoms with van der Waals surface area (Å²) in [5, 5.41) is 5.22. The minimum atomic E-state index is -0.722. The van der Waals surface area contributed by atoms with Gasteiger partial charge >= 0.3 is 6.09 Å². The summed E-state index contributed by atoms with van der Waals surface area (Å²) in [4.78, 5) is 24.0. The molecule has 2 amide bonds. The van der Waals surface area contributed by atoms with Crippen LogP contribution < -0.4 is 10.6 Å². The number of carbonyl (C=O) groups is 2. The van der Waals surface area contributed by atoms with Crippen LogP contribution in [-0.2, 0) is 4.74 Å². The van der Waals surface area contributed by atoms with Crippen LogP contribution in [0.1, 0.15) is 49.7 Å². The van der Waals surface area contributed by atoms with Crippen LogP contribution in [0, 0.1) is 11.6 Å². The second kappa shape index (κ2) is 8.16. The number of hydrogen-bond donors (Lipinski definition) is 2. The van der Waals surface area contributed by atoms with Crippen molar-refractivity contribution in [3.8, 4) is 0 Å². The number of rotatable bonds is 4. The van der Waals surface area contributed by atoms with Crippen molar-refractivity contribution in [3.63, 3.8) is 0 Å². The van der Waals surface area contributed by atoms with Crippen molar-refractivity contribution in [2.24, 2.45) is 0 Å². The molecule has 144 valence electrons. The zero-order chi connectivity index (χ0) is 20.2. The summed E-state index contributed by atoms with van der Waals surface area (Å²) in [7, 11) is 0. The monoisotopic (exact) mass is 376 g/mol. The van der Waals surface area contributed by atoms with E-state index >= 15 is 0 Å². The molecule has 0 fully saturated rings. The van der Waals surface area contributed by atoms with Crippen LogP contribution in [0.25, 0.3) is 0 Å². The van der Waals surface area contributed by atoms with Gasteiger partial charge in [-0.25, -0.2) is 13.6 Å². The number of carbonyl (C=O) groups excluding carboxylic acids is 2. The highest BCUT2D eigenvalue weighted by molar-refractivity contribution is 5.95. The summed E-state index contributed by atoms with van der Waals surface area (Å²) in [6, 6.07) is 8.73. The Kier molecular flexibility index (Phi) is 6.15. The Balaban J connectivity index is 2.00. The maximum Gasteiger partial charge on any atom is 0.412 e. The van der Waals surface area contributed by atoms with E-state index in [1.807, 2.05) is 0 Å². The molecule has 0 saturated carbocycles. The third kappa shape index (κ3) is 6.06. The zero-order valence-corrected chi connectivity index (χ0v) is 15.6. The van der Waals surface area contributed by atoms with Gasteiger partial charge in [-0.3, -0.25) is 10.1 Å². The highest BCUT2D eigenvalue weighted by Gasteiger charge is 2.17. The van der Waals surface area contributed by atoms with Crippen LogP contribution in [-0.4, -0.2) is 17.6 Å². The molecule has 2 aromatic rings. The van der Waals surface area contributed by atoms with E-state index in [4.69, 9.17) is 4.74 Å². The van der Waals surface area contributed by atoms with E-state index in [1.54, 1.807) is 39.8 Å². The number of nitrogens with one attached hydrogen (secondary N) is 2. The fourth-order valence-corrected chi connectivity index (χ4v) is 2.34. The Morgan fingerprint density at radius 1 is 1.04 bits per heavy atom.